The lowest BCUT2D eigenvalue weighted by molar-refractivity contribution is -0.118. The van der Waals surface area contributed by atoms with Crippen LogP contribution in [0.5, 0.6) is 17.2 Å². The number of methoxy groups -OCH3 is 3. The van der Waals surface area contributed by atoms with Crippen molar-refractivity contribution >= 4 is 17.7 Å². The topological polar surface area (TPSA) is 82.6 Å². The number of rotatable bonds is 8. The van der Waals surface area contributed by atoms with Crippen molar-refractivity contribution in [1.82, 2.24) is 15.3 Å². The molecule has 0 spiro atoms. The third kappa shape index (κ3) is 4.76. The molecule has 1 heterocycles. The average Bonchev–Trinajstić information content (AvgIpc) is 2.64. The zero-order valence-electron chi connectivity index (χ0n) is 13.7. The van der Waals surface area contributed by atoms with Gasteiger partial charge in [-0.25, -0.2) is 9.97 Å². The van der Waals surface area contributed by atoms with Crippen LogP contribution in [0.1, 0.15) is 5.56 Å². The molecule has 1 aromatic carbocycles. The lowest BCUT2D eigenvalue weighted by Crippen LogP contribution is -2.25. The molecule has 0 saturated heterocycles. The van der Waals surface area contributed by atoms with Gasteiger partial charge in [0, 0.05) is 30.6 Å². The molecule has 7 nitrogen and oxygen atoms in total. The Balaban J connectivity index is 1.96. The van der Waals surface area contributed by atoms with E-state index in [1.165, 1.54) is 11.8 Å². The smallest absolute Gasteiger partial charge is 0.230 e. The van der Waals surface area contributed by atoms with Crippen molar-refractivity contribution in [3.63, 3.8) is 0 Å². The zero-order valence-corrected chi connectivity index (χ0v) is 14.6. The van der Waals surface area contributed by atoms with Gasteiger partial charge in [-0.2, -0.15) is 0 Å². The minimum atomic E-state index is -0.121. The van der Waals surface area contributed by atoms with E-state index in [2.05, 4.69) is 15.3 Å². The van der Waals surface area contributed by atoms with Gasteiger partial charge in [0.05, 0.1) is 27.1 Å². The maximum Gasteiger partial charge on any atom is 0.230 e. The fourth-order valence-electron chi connectivity index (χ4n) is 1.97. The van der Waals surface area contributed by atoms with Gasteiger partial charge in [-0.3, -0.25) is 4.79 Å². The highest BCUT2D eigenvalue weighted by molar-refractivity contribution is 7.99. The molecule has 0 atom stereocenters. The summed E-state index contributed by atoms with van der Waals surface area (Å²) >= 11 is 1.28. The highest BCUT2D eigenvalue weighted by atomic mass is 32.2. The van der Waals surface area contributed by atoms with Crippen molar-refractivity contribution in [3.8, 4) is 17.2 Å². The molecule has 1 aromatic heterocycles. The quantitative estimate of drug-likeness (QED) is 0.576. The Bertz CT molecular complexity index is 683. The van der Waals surface area contributed by atoms with Gasteiger partial charge in [-0.15, -0.1) is 0 Å². The largest absolute Gasteiger partial charge is 0.496 e. The van der Waals surface area contributed by atoms with Gasteiger partial charge in [0.2, 0.25) is 5.91 Å². The van der Waals surface area contributed by atoms with Gasteiger partial charge in [0.25, 0.3) is 0 Å². The summed E-state index contributed by atoms with van der Waals surface area (Å²) in [5.74, 6) is 1.88. The molecule has 128 valence electrons. The van der Waals surface area contributed by atoms with Crippen LogP contribution in [0, 0.1) is 0 Å². The number of thioether (sulfide) groups is 1. The molecule has 0 radical (unpaired) electrons. The monoisotopic (exact) mass is 349 g/mol. The average molecular weight is 349 g/mol. The van der Waals surface area contributed by atoms with E-state index in [1.54, 1.807) is 51.9 Å². The van der Waals surface area contributed by atoms with Gasteiger partial charge in [0.15, 0.2) is 16.7 Å². The first kappa shape index (κ1) is 17.9. The van der Waals surface area contributed by atoms with Crippen LogP contribution in [0.25, 0.3) is 0 Å². The van der Waals surface area contributed by atoms with Gasteiger partial charge in [-0.05, 0) is 12.1 Å². The fraction of sp³-hybridized carbons (Fsp3) is 0.312. The van der Waals surface area contributed by atoms with Gasteiger partial charge in [-0.1, -0.05) is 11.8 Å². The summed E-state index contributed by atoms with van der Waals surface area (Å²) in [6.45, 7) is 0.318. The van der Waals surface area contributed by atoms with Gasteiger partial charge in [0.1, 0.15) is 5.75 Å². The lowest BCUT2D eigenvalue weighted by atomic mass is 10.1. The van der Waals surface area contributed by atoms with E-state index in [0.717, 1.165) is 5.56 Å². The summed E-state index contributed by atoms with van der Waals surface area (Å²) in [7, 11) is 4.68. The van der Waals surface area contributed by atoms with Crippen LogP contribution < -0.4 is 19.5 Å². The second kappa shape index (κ2) is 8.97. The van der Waals surface area contributed by atoms with Gasteiger partial charge >= 0.3 is 0 Å². The van der Waals surface area contributed by atoms with E-state index >= 15 is 0 Å². The lowest BCUT2D eigenvalue weighted by Gasteiger charge is -2.14. The Morgan fingerprint density at radius 1 is 1.04 bits per heavy atom. The van der Waals surface area contributed by atoms with Crippen LogP contribution in [0.4, 0.5) is 0 Å². The van der Waals surface area contributed by atoms with Crippen molar-refractivity contribution in [2.45, 2.75) is 11.7 Å². The summed E-state index contributed by atoms with van der Waals surface area (Å²) in [5.41, 5.74) is 0.796. The minimum Gasteiger partial charge on any atom is -0.496 e. The van der Waals surface area contributed by atoms with Crippen molar-refractivity contribution in [2.75, 3.05) is 27.1 Å². The van der Waals surface area contributed by atoms with Crippen LogP contribution in [-0.2, 0) is 11.3 Å². The highest BCUT2D eigenvalue weighted by Gasteiger charge is 2.13. The third-order valence-electron chi connectivity index (χ3n) is 3.14. The Morgan fingerprint density at radius 2 is 1.67 bits per heavy atom. The Morgan fingerprint density at radius 3 is 2.29 bits per heavy atom. The van der Waals surface area contributed by atoms with E-state index in [0.29, 0.717) is 28.9 Å². The maximum absolute atomic E-state index is 12.0. The number of hydrogen-bond acceptors (Lipinski definition) is 7. The summed E-state index contributed by atoms with van der Waals surface area (Å²) < 4.78 is 15.8. The van der Waals surface area contributed by atoms with E-state index in [4.69, 9.17) is 14.2 Å². The van der Waals surface area contributed by atoms with Crippen molar-refractivity contribution in [3.05, 3.63) is 36.2 Å². The Labute approximate surface area is 144 Å². The number of carbonyl (C=O) groups excluding carboxylic acids is 1. The fourth-order valence-corrected chi connectivity index (χ4v) is 2.60. The van der Waals surface area contributed by atoms with E-state index in [-0.39, 0.29) is 11.7 Å². The van der Waals surface area contributed by atoms with E-state index in [1.807, 2.05) is 0 Å². The van der Waals surface area contributed by atoms with E-state index in [9.17, 15) is 4.79 Å². The second-order valence-corrected chi connectivity index (χ2v) is 5.56. The molecule has 2 aromatic rings. The number of amides is 1. The summed E-state index contributed by atoms with van der Waals surface area (Å²) in [5, 5.41) is 3.41. The third-order valence-corrected chi connectivity index (χ3v) is 4.01. The first-order chi connectivity index (χ1) is 11.7. The minimum absolute atomic E-state index is 0.121. The summed E-state index contributed by atoms with van der Waals surface area (Å²) in [6, 6.07) is 5.24. The molecule has 0 aliphatic carbocycles. The molecular formula is C16H19N3O4S. The SMILES string of the molecule is COc1cc(OC)c(OC)cc1CNC(=O)CSc1ncccn1. The number of nitrogens with one attached hydrogen (secondary N) is 1. The normalized spacial score (nSPS) is 10.1. The molecule has 0 fully saturated rings. The van der Waals surface area contributed by atoms with Crippen LogP contribution >= 0.6 is 11.8 Å². The molecule has 1 amide bonds. The zero-order chi connectivity index (χ0) is 17.4. The first-order valence-corrected chi connectivity index (χ1v) is 8.12. The molecule has 24 heavy (non-hydrogen) atoms. The number of ether oxygens (including phenoxy) is 3. The molecule has 1 N–H and O–H groups in total. The molecule has 8 heteroatoms. The number of carbonyl (C=O) groups is 1. The van der Waals surface area contributed by atoms with Crippen LogP contribution in [0.2, 0.25) is 0 Å². The maximum atomic E-state index is 12.0. The second-order valence-electron chi connectivity index (χ2n) is 4.62. The predicted octanol–water partition coefficient (Wildman–Crippen LogP) is 1.91. The number of nitrogens with zero attached hydrogens (tertiary/aromatic N) is 2. The molecule has 2 rings (SSSR count). The van der Waals surface area contributed by atoms with Crippen LogP contribution in [0.15, 0.2) is 35.7 Å². The molecular weight excluding hydrogens is 330 g/mol. The Kier molecular flexibility index (Phi) is 6.68. The van der Waals surface area contributed by atoms with Gasteiger partial charge < -0.3 is 19.5 Å². The molecule has 0 aliphatic rings. The first-order valence-electron chi connectivity index (χ1n) is 7.13. The summed E-state index contributed by atoms with van der Waals surface area (Å²) in [6.07, 6.45) is 3.28. The van der Waals surface area contributed by atoms with Crippen LogP contribution in [-0.4, -0.2) is 43.0 Å². The van der Waals surface area contributed by atoms with Crippen molar-refractivity contribution < 1.29 is 19.0 Å². The van der Waals surface area contributed by atoms with E-state index < -0.39 is 0 Å². The molecule has 0 aliphatic heterocycles. The molecule has 0 bridgehead atoms. The highest BCUT2D eigenvalue weighted by Crippen LogP contribution is 2.34. The Hall–Kier alpha value is -2.48. The summed E-state index contributed by atoms with van der Waals surface area (Å²) in [4.78, 5) is 20.1. The van der Waals surface area contributed by atoms with Crippen molar-refractivity contribution in [2.24, 2.45) is 0 Å². The number of benzene rings is 1. The number of aromatic nitrogens is 2. The molecule has 0 saturated carbocycles. The number of hydrogen-bond donors (Lipinski definition) is 1. The van der Waals surface area contributed by atoms with Crippen molar-refractivity contribution in [1.29, 1.82) is 0 Å². The predicted molar refractivity (Wildman–Crippen MR) is 90.7 cm³/mol. The van der Waals surface area contributed by atoms with Crippen LogP contribution in [0.3, 0.4) is 0 Å². The standard InChI is InChI=1S/C16H19N3O4S/c1-21-12-8-14(23-3)13(22-2)7-11(12)9-19-15(20)10-24-16-17-5-4-6-18-16/h4-8H,9-10H2,1-3H3,(H,19,20). The molecule has 0 unspecified atom stereocenters.